The quantitative estimate of drug-likeness (QED) is 0.520. The molecule has 2 heteroatoms. The fourth-order valence-electron chi connectivity index (χ4n) is 1.53. The number of rotatable bonds is 7. The van der Waals surface area contributed by atoms with E-state index in [1.165, 1.54) is 12.8 Å². The lowest BCUT2D eigenvalue weighted by Crippen LogP contribution is -2.08. The topological polar surface area (TPSA) is 26.3 Å². The zero-order chi connectivity index (χ0) is 11.6. The summed E-state index contributed by atoms with van der Waals surface area (Å²) in [5.41, 5.74) is 1.01. The van der Waals surface area contributed by atoms with Crippen LogP contribution in [0.1, 0.15) is 38.2 Å². The van der Waals surface area contributed by atoms with Gasteiger partial charge in [-0.1, -0.05) is 56.5 Å². The standard InChI is InChI=1S/C14H20O2/c1-2-3-4-8-11-16-14(15)12-13-9-6-5-7-10-13/h5-7,9-10H,2-4,8,11-12H2,1H3. The second kappa shape index (κ2) is 7.91. The maximum atomic E-state index is 11.4. The van der Waals surface area contributed by atoms with Crippen molar-refractivity contribution in [1.82, 2.24) is 0 Å². The molecule has 0 bridgehead atoms. The third kappa shape index (κ3) is 5.54. The molecule has 0 aromatic heterocycles. The molecule has 1 aromatic carbocycles. The Morgan fingerprint density at radius 2 is 1.88 bits per heavy atom. The Kier molecular flexibility index (Phi) is 6.31. The molecule has 0 saturated carbocycles. The summed E-state index contributed by atoms with van der Waals surface area (Å²) in [5.74, 6) is -0.123. The molecule has 2 nitrogen and oxygen atoms in total. The van der Waals surface area contributed by atoms with E-state index in [2.05, 4.69) is 6.92 Å². The first-order valence-corrected chi connectivity index (χ1v) is 6.02. The number of esters is 1. The van der Waals surface area contributed by atoms with Gasteiger partial charge in [0.1, 0.15) is 0 Å². The molecule has 0 saturated heterocycles. The summed E-state index contributed by atoms with van der Waals surface area (Å²) in [4.78, 5) is 11.4. The molecule has 0 atom stereocenters. The minimum Gasteiger partial charge on any atom is -0.465 e. The van der Waals surface area contributed by atoms with Crippen LogP contribution in [0.4, 0.5) is 0 Å². The second-order valence-electron chi connectivity index (χ2n) is 3.94. The van der Waals surface area contributed by atoms with Gasteiger partial charge in [0.2, 0.25) is 0 Å². The number of carbonyl (C=O) groups excluding carboxylic acids is 1. The number of unbranched alkanes of at least 4 members (excludes halogenated alkanes) is 3. The highest BCUT2D eigenvalue weighted by Crippen LogP contribution is 2.03. The van der Waals surface area contributed by atoms with E-state index in [9.17, 15) is 4.79 Å². The molecule has 16 heavy (non-hydrogen) atoms. The SMILES string of the molecule is CCCCCCOC(=O)Cc1ccccc1. The predicted octanol–water partition coefficient (Wildman–Crippen LogP) is 3.35. The minimum atomic E-state index is -0.123. The van der Waals surface area contributed by atoms with Crippen LogP contribution in [-0.4, -0.2) is 12.6 Å². The van der Waals surface area contributed by atoms with E-state index in [1.807, 2.05) is 30.3 Å². The van der Waals surface area contributed by atoms with Crippen molar-refractivity contribution in [1.29, 1.82) is 0 Å². The van der Waals surface area contributed by atoms with E-state index in [0.29, 0.717) is 13.0 Å². The lowest BCUT2D eigenvalue weighted by molar-refractivity contribution is -0.142. The van der Waals surface area contributed by atoms with Gasteiger partial charge in [-0.15, -0.1) is 0 Å². The van der Waals surface area contributed by atoms with Crippen LogP contribution in [0.15, 0.2) is 30.3 Å². The molecular formula is C14H20O2. The van der Waals surface area contributed by atoms with Crippen LogP contribution in [0.5, 0.6) is 0 Å². The summed E-state index contributed by atoms with van der Waals surface area (Å²) in [6.45, 7) is 2.73. The molecule has 0 radical (unpaired) electrons. The molecule has 0 spiro atoms. The number of hydrogen-bond acceptors (Lipinski definition) is 2. The van der Waals surface area contributed by atoms with Crippen molar-refractivity contribution >= 4 is 5.97 Å². The van der Waals surface area contributed by atoms with Crippen molar-refractivity contribution in [2.24, 2.45) is 0 Å². The monoisotopic (exact) mass is 220 g/mol. The number of hydrogen-bond donors (Lipinski definition) is 0. The molecule has 88 valence electrons. The van der Waals surface area contributed by atoms with Crippen LogP contribution in [0.3, 0.4) is 0 Å². The summed E-state index contributed by atoms with van der Waals surface area (Å²) in [5, 5.41) is 0. The van der Waals surface area contributed by atoms with E-state index >= 15 is 0 Å². The van der Waals surface area contributed by atoms with Gasteiger partial charge in [-0.25, -0.2) is 0 Å². The minimum absolute atomic E-state index is 0.123. The molecule has 0 amide bonds. The Bertz CT molecular complexity index is 293. The van der Waals surface area contributed by atoms with Crippen LogP contribution in [-0.2, 0) is 16.0 Å². The third-order valence-corrected chi connectivity index (χ3v) is 2.45. The summed E-state index contributed by atoms with van der Waals surface area (Å²) in [6.07, 6.45) is 4.94. The highest BCUT2D eigenvalue weighted by molar-refractivity contribution is 5.72. The largest absolute Gasteiger partial charge is 0.465 e. The van der Waals surface area contributed by atoms with E-state index in [-0.39, 0.29) is 5.97 Å². The molecule has 0 fully saturated rings. The lowest BCUT2D eigenvalue weighted by Gasteiger charge is -2.04. The second-order valence-corrected chi connectivity index (χ2v) is 3.94. The fourth-order valence-corrected chi connectivity index (χ4v) is 1.53. The van der Waals surface area contributed by atoms with Crippen molar-refractivity contribution in [3.63, 3.8) is 0 Å². The highest BCUT2D eigenvalue weighted by atomic mass is 16.5. The zero-order valence-electron chi connectivity index (χ0n) is 9.95. The number of carbonyl (C=O) groups is 1. The summed E-state index contributed by atoms with van der Waals surface area (Å²) < 4.78 is 5.15. The molecule has 1 aromatic rings. The van der Waals surface area contributed by atoms with Crippen LogP contribution in [0, 0.1) is 0 Å². The van der Waals surface area contributed by atoms with Crippen LogP contribution < -0.4 is 0 Å². The molecule has 0 aliphatic carbocycles. The lowest BCUT2D eigenvalue weighted by atomic mass is 10.1. The van der Waals surface area contributed by atoms with Crippen LogP contribution in [0.2, 0.25) is 0 Å². The first kappa shape index (κ1) is 12.8. The van der Waals surface area contributed by atoms with E-state index in [0.717, 1.165) is 18.4 Å². The van der Waals surface area contributed by atoms with Gasteiger partial charge in [0.15, 0.2) is 0 Å². The molecule has 0 unspecified atom stereocenters. The van der Waals surface area contributed by atoms with Crippen molar-refractivity contribution < 1.29 is 9.53 Å². The average Bonchev–Trinajstić information content (AvgIpc) is 2.30. The summed E-state index contributed by atoms with van der Waals surface area (Å²) in [6, 6.07) is 9.70. The normalized spacial score (nSPS) is 10.1. The van der Waals surface area contributed by atoms with Crippen molar-refractivity contribution in [3.05, 3.63) is 35.9 Å². The molecule has 0 N–H and O–H groups in total. The van der Waals surface area contributed by atoms with Gasteiger partial charge in [0.05, 0.1) is 13.0 Å². The van der Waals surface area contributed by atoms with E-state index in [1.54, 1.807) is 0 Å². The Balaban J connectivity index is 2.12. The average molecular weight is 220 g/mol. The van der Waals surface area contributed by atoms with Gasteiger partial charge < -0.3 is 4.74 Å². The fraction of sp³-hybridized carbons (Fsp3) is 0.500. The van der Waals surface area contributed by atoms with Crippen molar-refractivity contribution in [2.45, 2.75) is 39.0 Å². The summed E-state index contributed by atoms with van der Waals surface area (Å²) in [7, 11) is 0. The van der Waals surface area contributed by atoms with Gasteiger partial charge in [-0.2, -0.15) is 0 Å². The van der Waals surface area contributed by atoms with E-state index in [4.69, 9.17) is 4.74 Å². The molecule has 0 aliphatic rings. The molecule has 0 aliphatic heterocycles. The number of ether oxygens (including phenoxy) is 1. The van der Waals surface area contributed by atoms with Gasteiger partial charge in [-0.05, 0) is 12.0 Å². The van der Waals surface area contributed by atoms with Gasteiger partial charge in [0.25, 0.3) is 0 Å². The van der Waals surface area contributed by atoms with Gasteiger partial charge >= 0.3 is 5.97 Å². The Hall–Kier alpha value is -1.31. The van der Waals surface area contributed by atoms with Crippen molar-refractivity contribution in [3.8, 4) is 0 Å². The van der Waals surface area contributed by atoms with Crippen LogP contribution >= 0.6 is 0 Å². The highest BCUT2D eigenvalue weighted by Gasteiger charge is 2.03. The zero-order valence-corrected chi connectivity index (χ0v) is 9.95. The van der Waals surface area contributed by atoms with Crippen molar-refractivity contribution in [2.75, 3.05) is 6.61 Å². The smallest absolute Gasteiger partial charge is 0.310 e. The van der Waals surface area contributed by atoms with Gasteiger partial charge in [0, 0.05) is 0 Å². The molecular weight excluding hydrogens is 200 g/mol. The Labute approximate surface area is 97.6 Å². The van der Waals surface area contributed by atoms with Gasteiger partial charge in [-0.3, -0.25) is 4.79 Å². The first-order chi connectivity index (χ1) is 7.83. The summed E-state index contributed by atoms with van der Waals surface area (Å²) >= 11 is 0. The van der Waals surface area contributed by atoms with Crippen LogP contribution in [0.25, 0.3) is 0 Å². The Morgan fingerprint density at radius 3 is 2.56 bits per heavy atom. The third-order valence-electron chi connectivity index (χ3n) is 2.45. The number of benzene rings is 1. The maximum absolute atomic E-state index is 11.4. The molecule has 0 heterocycles. The maximum Gasteiger partial charge on any atom is 0.310 e. The van der Waals surface area contributed by atoms with E-state index < -0.39 is 0 Å². The first-order valence-electron chi connectivity index (χ1n) is 6.02. The predicted molar refractivity (Wildman–Crippen MR) is 65.2 cm³/mol. The Morgan fingerprint density at radius 1 is 1.12 bits per heavy atom. The molecule has 1 rings (SSSR count).